The van der Waals surface area contributed by atoms with Gasteiger partial charge in [0.15, 0.2) is 10.8 Å². The molecule has 30 heavy (non-hydrogen) atoms. The first-order valence-electron chi connectivity index (χ1n) is 8.86. The van der Waals surface area contributed by atoms with Crippen molar-refractivity contribution >= 4 is 22.8 Å². The molecule has 10 heteroatoms. The molecule has 0 fully saturated rings. The van der Waals surface area contributed by atoms with E-state index in [0.717, 1.165) is 11.3 Å². The molecule has 4 rings (SSSR count). The lowest BCUT2D eigenvalue weighted by atomic mass is 10.2. The quantitative estimate of drug-likeness (QED) is 0.360. The number of hydrogen-bond donors (Lipinski definition) is 1. The molecule has 0 spiro atoms. The molecule has 0 saturated heterocycles. The summed E-state index contributed by atoms with van der Waals surface area (Å²) in [6, 6.07) is 14.9. The van der Waals surface area contributed by atoms with E-state index in [1.807, 2.05) is 37.3 Å². The molecule has 0 amide bonds. The molecular formula is C20H15F3N4O2S. The van der Waals surface area contributed by atoms with Crippen LogP contribution in [0.1, 0.15) is 17.7 Å². The molecule has 2 heterocycles. The molecule has 6 nitrogen and oxygen atoms in total. The van der Waals surface area contributed by atoms with Crippen LogP contribution in [0.3, 0.4) is 0 Å². The second-order valence-corrected chi connectivity index (χ2v) is 7.71. The van der Waals surface area contributed by atoms with Crippen LogP contribution in [0.4, 0.5) is 13.2 Å². The zero-order chi connectivity index (χ0) is 21.3. The van der Waals surface area contributed by atoms with Gasteiger partial charge in [-0.25, -0.2) is 9.67 Å². The molecule has 0 saturated carbocycles. The number of fused-ring (bicyclic) bond motifs is 1. The molecule has 0 aliphatic carbocycles. The minimum absolute atomic E-state index is 0.182. The van der Waals surface area contributed by atoms with E-state index in [9.17, 15) is 18.0 Å². The minimum atomic E-state index is -4.73. The van der Waals surface area contributed by atoms with Crippen LogP contribution in [0.15, 0.2) is 70.7 Å². The van der Waals surface area contributed by atoms with Crippen LogP contribution in [0.5, 0.6) is 5.75 Å². The standard InChI is InChI=1S/C20H15F3N4O2S/c1-12(13-7-9-15(10-8-13)29-20(21,22)23)30-19-25-17-16(18(28)26-19)11-24-27(17)14-5-3-2-4-6-14/h2-12H,1H3,(H,25,26,28). The smallest absolute Gasteiger partial charge is 0.406 e. The van der Waals surface area contributed by atoms with Crippen molar-refractivity contribution in [3.8, 4) is 11.4 Å². The third kappa shape index (κ3) is 4.33. The number of rotatable bonds is 5. The van der Waals surface area contributed by atoms with E-state index >= 15 is 0 Å². The van der Waals surface area contributed by atoms with Gasteiger partial charge in [0, 0.05) is 5.25 Å². The van der Waals surface area contributed by atoms with Gasteiger partial charge in [0.2, 0.25) is 0 Å². The van der Waals surface area contributed by atoms with Gasteiger partial charge in [0.25, 0.3) is 5.56 Å². The Labute approximate surface area is 172 Å². The Hall–Kier alpha value is -3.27. The Kier molecular flexibility index (Phi) is 5.25. The van der Waals surface area contributed by atoms with Crippen LogP contribution in [-0.4, -0.2) is 26.1 Å². The number of nitrogens with one attached hydrogen (secondary N) is 1. The van der Waals surface area contributed by atoms with Crippen LogP contribution in [0.2, 0.25) is 0 Å². The van der Waals surface area contributed by atoms with Crippen LogP contribution < -0.4 is 10.3 Å². The average molecular weight is 432 g/mol. The number of benzene rings is 2. The summed E-state index contributed by atoms with van der Waals surface area (Å²) in [7, 11) is 0. The predicted molar refractivity (Wildman–Crippen MR) is 107 cm³/mol. The van der Waals surface area contributed by atoms with Gasteiger partial charge in [0.05, 0.1) is 11.9 Å². The largest absolute Gasteiger partial charge is 0.573 e. The zero-order valence-electron chi connectivity index (χ0n) is 15.6. The Morgan fingerprint density at radius 3 is 2.47 bits per heavy atom. The van der Waals surface area contributed by atoms with Crippen LogP contribution in [0.25, 0.3) is 16.7 Å². The molecule has 2 aromatic carbocycles. The summed E-state index contributed by atoms with van der Waals surface area (Å²) < 4.78 is 42.4. The number of nitrogens with zero attached hydrogens (tertiary/aromatic N) is 3. The van der Waals surface area contributed by atoms with E-state index in [2.05, 4.69) is 19.8 Å². The highest BCUT2D eigenvalue weighted by atomic mass is 32.2. The fourth-order valence-corrected chi connectivity index (χ4v) is 3.81. The Balaban J connectivity index is 1.60. The van der Waals surface area contributed by atoms with Crippen molar-refractivity contribution in [2.24, 2.45) is 0 Å². The molecule has 154 valence electrons. The van der Waals surface area contributed by atoms with Gasteiger partial charge in [-0.15, -0.1) is 13.2 Å². The monoisotopic (exact) mass is 432 g/mol. The Morgan fingerprint density at radius 2 is 1.80 bits per heavy atom. The minimum Gasteiger partial charge on any atom is -0.406 e. The lowest BCUT2D eigenvalue weighted by molar-refractivity contribution is -0.274. The third-order valence-electron chi connectivity index (χ3n) is 4.29. The van der Waals surface area contributed by atoms with Crippen molar-refractivity contribution in [3.05, 3.63) is 76.7 Å². The highest BCUT2D eigenvalue weighted by Gasteiger charge is 2.31. The molecule has 0 bridgehead atoms. The first-order chi connectivity index (χ1) is 14.3. The van der Waals surface area contributed by atoms with Crippen molar-refractivity contribution in [1.29, 1.82) is 0 Å². The Bertz CT molecular complexity index is 1220. The molecule has 0 radical (unpaired) electrons. The number of H-pyrrole nitrogens is 1. The summed E-state index contributed by atoms with van der Waals surface area (Å²) in [6.45, 7) is 1.86. The SMILES string of the molecule is CC(Sc1nc2c(cnn2-c2ccccc2)c(=O)[nH]1)c1ccc(OC(F)(F)F)cc1. The number of aromatic nitrogens is 4. The maximum absolute atomic E-state index is 12.5. The van der Waals surface area contributed by atoms with Gasteiger partial charge < -0.3 is 9.72 Å². The van der Waals surface area contributed by atoms with E-state index in [0.29, 0.717) is 16.2 Å². The molecule has 0 aliphatic rings. The van der Waals surface area contributed by atoms with Gasteiger partial charge in [-0.3, -0.25) is 4.79 Å². The number of alkyl halides is 3. The second kappa shape index (κ2) is 7.86. The molecule has 0 aliphatic heterocycles. The zero-order valence-corrected chi connectivity index (χ0v) is 16.4. The topological polar surface area (TPSA) is 72.8 Å². The van der Waals surface area contributed by atoms with Crippen LogP contribution >= 0.6 is 11.8 Å². The molecule has 1 unspecified atom stereocenters. The second-order valence-electron chi connectivity index (χ2n) is 6.38. The summed E-state index contributed by atoms with van der Waals surface area (Å²) in [5, 5.41) is 4.83. The summed E-state index contributed by atoms with van der Waals surface area (Å²) in [5.74, 6) is -0.289. The fraction of sp³-hybridized carbons (Fsp3) is 0.150. The van der Waals surface area contributed by atoms with Gasteiger partial charge in [-0.2, -0.15) is 5.10 Å². The van der Waals surface area contributed by atoms with E-state index in [1.54, 1.807) is 16.8 Å². The average Bonchev–Trinajstić information content (AvgIpc) is 3.12. The molecule has 2 aromatic heterocycles. The van der Waals surface area contributed by atoms with Crippen LogP contribution in [0, 0.1) is 0 Å². The lowest BCUT2D eigenvalue weighted by Crippen LogP contribution is -2.17. The van der Waals surface area contributed by atoms with Gasteiger partial charge >= 0.3 is 6.36 Å². The normalized spacial score (nSPS) is 12.8. The number of ether oxygens (including phenoxy) is 1. The number of hydrogen-bond acceptors (Lipinski definition) is 5. The van der Waals surface area contributed by atoms with Crippen molar-refractivity contribution in [3.63, 3.8) is 0 Å². The van der Waals surface area contributed by atoms with E-state index < -0.39 is 6.36 Å². The van der Waals surface area contributed by atoms with Crippen molar-refractivity contribution in [2.45, 2.75) is 23.7 Å². The van der Waals surface area contributed by atoms with Crippen molar-refractivity contribution in [1.82, 2.24) is 19.7 Å². The highest BCUT2D eigenvalue weighted by molar-refractivity contribution is 7.99. The molecular weight excluding hydrogens is 417 g/mol. The molecule has 1 N–H and O–H groups in total. The third-order valence-corrected chi connectivity index (χ3v) is 5.33. The van der Waals surface area contributed by atoms with Crippen molar-refractivity contribution < 1.29 is 17.9 Å². The van der Waals surface area contributed by atoms with Gasteiger partial charge in [0.1, 0.15) is 11.1 Å². The van der Waals surface area contributed by atoms with E-state index in [1.165, 1.54) is 30.1 Å². The maximum Gasteiger partial charge on any atom is 0.573 e. The number of aromatic amines is 1. The van der Waals surface area contributed by atoms with Gasteiger partial charge in [-0.1, -0.05) is 42.1 Å². The fourth-order valence-electron chi connectivity index (χ4n) is 2.89. The number of thioether (sulfide) groups is 1. The van der Waals surface area contributed by atoms with E-state index in [4.69, 9.17) is 0 Å². The summed E-state index contributed by atoms with van der Waals surface area (Å²) in [5.41, 5.74) is 1.64. The first kappa shape index (κ1) is 20.0. The Morgan fingerprint density at radius 1 is 1.10 bits per heavy atom. The van der Waals surface area contributed by atoms with Crippen molar-refractivity contribution in [2.75, 3.05) is 0 Å². The summed E-state index contributed by atoms with van der Waals surface area (Å²) in [6.07, 6.45) is -3.27. The molecule has 4 aromatic rings. The predicted octanol–water partition coefficient (Wildman–Crippen LogP) is 4.86. The van der Waals surface area contributed by atoms with Crippen LogP contribution in [-0.2, 0) is 0 Å². The number of para-hydroxylation sites is 1. The van der Waals surface area contributed by atoms with Gasteiger partial charge in [-0.05, 0) is 36.8 Å². The summed E-state index contributed by atoms with van der Waals surface area (Å²) >= 11 is 1.28. The first-order valence-corrected chi connectivity index (χ1v) is 9.74. The van der Waals surface area contributed by atoms with E-state index in [-0.39, 0.29) is 16.6 Å². The lowest BCUT2D eigenvalue weighted by Gasteiger charge is -2.13. The number of halogens is 3. The maximum atomic E-state index is 12.5. The highest BCUT2D eigenvalue weighted by Crippen LogP contribution is 2.34. The molecule has 1 atom stereocenters. The summed E-state index contributed by atoms with van der Waals surface area (Å²) in [4.78, 5) is 19.7.